The predicted octanol–water partition coefficient (Wildman–Crippen LogP) is 2.22. The molecule has 0 radical (unpaired) electrons. The zero-order chi connectivity index (χ0) is 13.1. The van der Waals surface area contributed by atoms with Gasteiger partial charge >= 0.3 is 0 Å². The number of rotatable bonds is 2. The first-order valence-electron chi connectivity index (χ1n) is 5.96. The minimum Gasteiger partial charge on any atom is -0.377 e. The Morgan fingerprint density at radius 1 is 1.16 bits per heavy atom. The van der Waals surface area contributed by atoms with Gasteiger partial charge in [0.15, 0.2) is 0 Å². The van der Waals surface area contributed by atoms with Gasteiger partial charge in [-0.05, 0) is 24.3 Å². The summed E-state index contributed by atoms with van der Waals surface area (Å²) in [5.74, 6) is 0.287. The number of hydrogen-bond acceptors (Lipinski definition) is 4. The normalized spacial score (nSPS) is 12.9. The van der Waals surface area contributed by atoms with E-state index in [-0.39, 0.29) is 5.91 Å². The minimum absolute atomic E-state index is 0.235. The van der Waals surface area contributed by atoms with Crippen molar-refractivity contribution < 1.29 is 4.79 Å². The van der Waals surface area contributed by atoms with E-state index in [9.17, 15) is 4.79 Å². The number of hydrogen-bond donors (Lipinski definition) is 2. The van der Waals surface area contributed by atoms with Gasteiger partial charge in [-0.25, -0.2) is 9.98 Å². The van der Waals surface area contributed by atoms with Crippen LogP contribution in [-0.4, -0.2) is 23.1 Å². The molecule has 0 bridgehead atoms. The molecule has 0 atom stereocenters. The minimum atomic E-state index is -0.235. The number of carbonyl (C=O) groups is 1. The molecule has 1 aliphatic rings. The molecule has 0 unspecified atom stereocenters. The van der Waals surface area contributed by atoms with Crippen molar-refractivity contribution in [1.82, 2.24) is 4.98 Å². The summed E-state index contributed by atoms with van der Waals surface area (Å²) in [4.78, 5) is 20.5. The average Bonchev–Trinajstić information content (AvgIpc) is 2.48. The van der Waals surface area contributed by atoms with Crippen LogP contribution in [-0.2, 0) is 4.79 Å². The Morgan fingerprint density at radius 3 is 2.84 bits per heavy atom. The fourth-order valence-corrected chi connectivity index (χ4v) is 1.84. The monoisotopic (exact) mass is 252 g/mol. The molecule has 2 aromatic rings. The van der Waals surface area contributed by atoms with Crippen LogP contribution in [0.1, 0.15) is 0 Å². The third kappa shape index (κ3) is 2.44. The third-order valence-corrected chi connectivity index (χ3v) is 2.77. The van der Waals surface area contributed by atoms with Crippen molar-refractivity contribution in [1.29, 1.82) is 0 Å². The van der Waals surface area contributed by atoms with Gasteiger partial charge in [0.05, 0.1) is 17.9 Å². The van der Waals surface area contributed by atoms with Crippen LogP contribution < -0.4 is 10.6 Å². The Labute approximate surface area is 110 Å². The van der Waals surface area contributed by atoms with E-state index in [1.807, 2.05) is 30.3 Å². The van der Waals surface area contributed by atoms with Crippen LogP contribution in [0.15, 0.2) is 53.7 Å². The molecule has 2 N–H and O–H groups in total. The lowest BCUT2D eigenvalue weighted by molar-refractivity contribution is -0.110. The van der Waals surface area contributed by atoms with E-state index >= 15 is 0 Å². The number of pyridine rings is 1. The molecular weight excluding hydrogens is 240 g/mol. The third-order valence-electron chi connectivity index (χ3n) is 2.77. The number of aliphatic imine (C=N–C) groups is 1. The maximum absolute atomic E-state index is 12.1. The van der Waals surface area contributed by atoms with E-state index in [4.69, 9.17) is 0 Å². The van der Waals surface area contributed by atoms with Gasteiger partial charge in [0.2, 0.25) is 0 Å². The van der Waals surface area contributed by atoms with Gasteiger partial charge < -0.3 is 10.6 Å². The highest BCUT2D eigenvalue weighted by Gasteiger charge is 2.17. The second-order valence-electron chi connectivity index (χ2n) is 4.10. The molecular formula is C14H12N4O. The molecule has 0 saturated heterocycles. The highest BCUT2D eigenvalue weighted by Crippen LogP contribution is 2.27. The van der Waals surface area contributed by atoms with E-state index in [0.29, 0.717) is 18.1 Å². The van der Waals surface area contributed by atoms with Gasteiger partial charge in [0.1, 0.15) is 11.5 Å². The van der Waals surface area contributed by atoms with Crippen molar-refractivity contribution in [2.24, 2.45) is 4.99 Å². The molecule has 0 spiro atoms. The number of nitrogens with one attached hydrogen (secondary N) is 2. The number of nitrogens with zero attached hydrogens (tertiary/aromatic N) is 2. The standard InChI is InChI=1S/C14H12N4O/c19-14(18-13-7-3-4-8-15-13)12-9-16-10-5-1-2-6-11(10)17-12/h1-8,16H,9H2,(H,15,18,19). The van der Waals surface area contributed by atoms with Crippen molar-refractivity contribution >= 4 is 28.8 Å². The molecule has 2 heterocycles. The summed E-state index contributed by atoms with van der Waals surface area (Å²) in [7, 11) is 0. The van der Waals surface area contributed by atoms with E-state index in [1.54, 1.807) is 18.3 Å². The Hall–Kier alpha value is -2.69. The lowest BCUT2D eigenvalue weighted by atomic mass is 10.2. The Kier molecular flexibility index (Phi) is 2.94. The summed E-state index contributed by atoms with van der Waals surface area (Å²) < 4.78 is 0. The number of para-hydroxylation sites is 2. The summed E-state index contributed by atoms with van der Waals surface area (Å²) in [5.41, 5.74) is 2.17. The van der Waals surface area contributed by atoms with E-state index in [0.717, 1.165) is 11.4 Å². The van der Waals surface area contributed by atoms with Crippen molar-refractivity contribution in [2.45, 2.75) is 0 Å². The molecule has 1 aromatic carbocycles. The van der Waals surface area contributed by atoms with Crippen LogP contribution in [0.2, 0.25) is 0 Å². The highest BCUT2D eigenvalue weighted by molar-refractivity contribution is 6.45. The van der Waals surface area contributed by atoms with Crippen LogP contribution >= 0.6 is 0 Å². The summed E-state index contributed by atoms with van der Waals surface area (Å²) in [6.45, 7) is 0.412. The van der Waals surface area contributed by atoms with Gasteiger partial charge in [-0.3, -0.25) is 4.79 Å². The van der Waals surface area contributed by atoms with E-state index in [1.165, 1.54) is 0 Å². The number of carbonyl (C=O) groups excluding carboxylic acids is 1. The second kappa shape index (κ2) is 4.89. The van der Waals surface area contributed by atoms with Crippen molar-refractivity contribution in [2.75, 3.05) is 17.2 Å². The number of fused-ring (bicyclic) bond motifs is 1. The Morgan fingerprint density at radius 2 is 2.00 bits per heavy atom. The van der Waals surface area contributed by atoms with Crippen molar-refractivity contribution in [3.8, 4) is 0 Å². The largest absolute Gasteiger partial charge is 0.377 e. The molecule has 1 aliphatic heterocycles. The maximum atomic E-state index is 12.1. The summed E-state index contributed by atoms with van der Waals surface area (Å²) in [6, 6.07) is 13.0. The van der Waals surface area contributed by atoms with Gasteiger partial charge in [0, 0.05) is 6.20 Å². The number of benzene rings is 1. The lowest BCUT2D eigenvalue weighted by Gasteiger charge is -2.16. The van der Waals surface area contributed by atoms with E-state index < -0.39 is 0 Å². The second-order valence-corrected chi connectivity index (χ2v) is 4.10. The summed E-state index contributed by atoms with van der Waals surface area (Å²) in [6.07, 6.45) is 1.63. The fourth-order valence-electron chi connectivity index (χ4n) is 1.84. The fraction of sp³-hybridized carbons (Fsp3) is 0.0714. The summed E-state index contributed by atoms with van der Waals surface area (Å²) >= 11 is 0. The molecule has 0 saturated carbocycles. The number of aromatic nitrogens is 1. The van der Waals surface area contributed by atoms with Gasteiger partial charge in [-0.2, -0.15) is 0 Å². The van der Waals surface area contributed by atoms with Crippen LogP contribution in [0.3, 0.4) is 0 Å². The molecule has 19 heavy (non-hydrogen) atoms. The molecule has 0 aliphatic carbocycles. The van der Waals surface area contributed by atoms with Gasteiger partial charge in [-0.15, -0.1) is 0 Å². The first kappa shape index (κ1) is 11.4. The van der Waals surface area contributed by atoms with E-state index in [2.05, 4.69) is 20.6 Å². The zero-order valence-electron chi connectivity index (χ0n) is 10.1. The average molecular weight is 252 g/mol. The first-order chi connectivity index (χ1) is 9.33. The van der Waals surface area contributed by atoms with Crippen LogP contribution in [0.25, 0.3) is 0 Å². The van der Waals surface area contributed by atoms with Gasteiger partial charge in [0.25, 0.3) is 5.91 Å². The molecule has 1 amide bonds. The van der Waals surface area contributed by atoms with Gasteiger partial charge in [-0.1, -0.05) is 18.2 Å². The van der Waals surface area contributed by atoms with Crippen molar-refractivity contribution in [3.05, 3.63) is 48.7 Å². The SMILES string of the molecule is O=C(Nc1ccccn1)C1=Nc2ccccc2NC1. The smallest absolute Gasteiger partial charge is 0.273 e. The predicted molar refractivity (Wildman–Crippen MR) is 74.9 cm³/mol. The number of amides is 1. The van der Waals surface area contributed by atoms with Crippen LogP contribution in [0, 0.1) is 0 Å². The number of anilines is 2. The maximum Gasteiger partial charge on any atom is 0.273 e. The molecule has 94 valence electrons. The van der Waals surface area contributed by atoms with Crippen LogP contribution in [0.5, 0.6) is 0 Å². The van der Waals surface area contributed by atoms with Crippen LogP contribution in [0.4, 0.5) is 17.2 Å². The topological polar surface area (TPSA) is 66.4 Å². The zero-order valence-corrected chi connectivity index (χ0v) is 10.1. The summed E-state index contributed by atoms with van der Waals surface area (Å²) in [5, 5.41) is 5.89. The van der Waals surface area contributed by atoms with Crippen molar-refractivity contribution in [3.63, 3.8) is 0 Å². The molecule has 1 aromatic heterocycles. The molecule has 5 heteroatoms. The first-order valence-corrected chi connectivity index (χ1v) is 5.96. The highest BCUT2D eigenvalue weighted by atomic mass is 16.2. The molecule has 0 fully saturated rings. The Bertz CT molecular complexity index is 637. The quantitative estimate of drug-likeness (QED) is 0.861. The lowest BCUT2D eigenvalue weighted by Crippen LogP contribution is -2.31. The molecule has 5 nitrogen and oxygen atoms in total. The Balaban J connectivity index is 1.80. The molecule has 3 rings (SSSR count).